The molecule has 2 heterocycles. The van der Waals surface area contributed by atoms with Gasteiger partial charge in [0.1, 0.15) is 17.3 Å². The van der Waals surface area contributed by atoms with E-state index in [1.54, 1.807) is 25.4 Å². The number of hydrogen-bond donors (Lipinski definition) is 0. The van der Waals surface area contributed by atoms with E-state index in [0.29, 0.717) is 5.76 Å². The molecular formula is C15H12FNO2. The molecule has 0 amide bonds. The summed E-state index contributed by atoms with van der Waals surface area (Å²) in [5, 5.41) is 0. The van der Waals surface area contributed by atoms with Crippen molar-refractivity contribution in [1.29, 1.82) is 0 Å². The topological polar surface area (TPSA) is 31.4 Å². The Morgan fingerprint density at radius 1 is 1.32 bits per heavy atom. The van der Waals surface area contributed by atoms with Crippen molar-refractivity contribution in [3.05, 3.63) is 65.2 Å². The molecule has 0 spiro atoms. The Bertz CT molecular complexity index is 640. The largest absolute Gasteiger partial charge is 0.458 e. The molecular weight excluding hydrogens is 245 g/mol. The molecule has 1 aromatic heterocycles. The summed E-state index contributed by atoms with van der Waals surface area (Å²) in [5.74, 6) is 0.310. The zero-order valence-electron chi connectivity index (χ0n) is 10.3. The minimum Gasteiger partial charge on any atom is -0.458 e. The monoisotopic (exact) mass is 257 g/mol. The number of pyridine rings is 1. The first kappa shape index (κ1) is 11.9. The van der Waals surface area contributed by atoms with Crippen LogP contribution in [0.4, 0.5) is 4.39 Å². The molecule has 19 heavy (non-hydrogen) atoms. The normalized spacial score (nSPS) is 19.3. The Balaban J connectivity index is 2.03. The first-order chi connectivity index (χ1) is 9.28. The lowest BCUT2D eigenvalue weighted by molar-refractivity contribution is -0.0644. The molecule has 0 saturated heterocycles. The highest BCUT2D eigenvalue weighted by Crippen LogP contribution is 2.38. The first-order valence-electron chi connectivity index (χ1n) is 5.90. The van der Waals surface area contributed by atoms with E-state index < -0.39 is 6.29 Å². The Morgan fingerprint density at radius 3 is 3.00 bits per heavy atom. The predicted molar refractivity (Wildman–Crippen MR) is 69.3 cm³/mol. The van der Waals surface area contributed by atoms with E-state index >= 15 is 0 Å². The standard InChI is InChI=1S/C15H12FNO2/c1-18-15-12-6-3-7-17-14(12)13(19-15)9-10-4-2-5-11(16)8-10/h2-9,15H,1H3/b13-9-. The maximum atomic E-state index is 13.2. The van der Waals surface area contributed by atoms with Gasteiger partial charge >= 0.3 is 0 Å². The van der Waals surface area contributed by atoms with Gasteiger partial charge in [0.2, 0.25) is 6.29 Å². The second-order valence-corrected chi connectivity index (χ2v) is 4.19. The van der Waals surface area contributed by atoms with Crippen molar-refractivity contribution in [1.82, 2.24) is 4.98 Å². The van der Waals surface area contributed by atoms with Gasteiger partial charge in [-0.15, -0.1) is 0 Å². The fraction of sp³-hybridized carbons (Fsp3) is 0.133. The van der Waals surface area contributed by atoms with Gasteiger partial charge in [-0.1, -0.05) is 12.1 Å². The second kappa shape index (κ2) is 4.82. The molecule has 2 aromatic rings. The molecule has 0 saturated carbocycles. The van der Waals surface area contributed by atoms with Crippen LogP contribution in [0.2, 0.25) is 0 Å². The van der Waals surface area contributed by atoms with E-state index in [9.17, 15) is 4.39 Å². The van der Waals surface area contributed by atoms with E-state index in [1.807, 2.05) is 18.2 Å². The van der Waals surface area contributed by atoms with E-state index in [-0.39, 0.29) is 5.82 Å². The lowest BCUT2D eigenvalue weighted by atomic mass is 10.1. The highest BCUT2D eigenvalue weighted by molar-refractivity contribution is 5.79. The molecule has 1 aliphatic rings. The molecule has 0 bridgehead atoms. The summed E-state index contributed by atoms with van der Waals surface area (Å²) in [7, 11) is 1.58. The lowest BCUT2D eigenvalue weighted by Gasteiger charge is -2.08. The lowest BCUT2D eigenvalue weighted by Crippen LogP contribution is -1.97. The van der Waals surface area contributed by atoms with Crippen LogP contribution in [-0.4, -0.2) is 12.1 Å². The molecule has 1 unspecified atom stereocenters. The van der Waals surface area contributed by atoms with Crippen LogP contribution in [0.1, 0.15) is 23.1 Å². The van der Waals surface area contributed by atoms with Gasteiger partial charge in [-0.05, 0) is 35.9 Å². The molecule has 0 N–H and O–H groups in total. The molecule has 96 valence electrons. The fourth-order valence-corrected chi connectivity index (χ4v) is 2.07. The number of benzene rings is 1. The van der Waals surface area contributed by atoms with Crippen molar-refractivity contribution in [3.8, 4) is 0 Å². The van der Waals surface area contributed by atoms with Gasteiger partial charge in [-0.25, -0.2) is 4.39 Å². The van der Waals surface area contributed by atoms with Crippen molar-refractivity contribution < 1.29 is 13.9 Å². The number of methoxy groups -OCH3 is 1. The highest BCUT2D eigenvalue weighted by Gasteiger charge is 2.28. The summed E-state index contributed by atoms with van der Waals surface area (Å²) >= 11 is 0. The van der Waals surface area contributed by atoms with E-state index in [2.05, 4.69) is 4.98 Å². The number of ether oxygens (including phenoxy) is 2. The first-order valence-corrected chi connectivity index (χ1v) is 5.90. The SMILES string of the molecule is COC1O/C(=C\c2cccc(F)c2)c2ncccc21. The minimum absolute atomic E-state index is 0.281. The van der Waals surface area contributed by atoms with Crippen LogP contribution in [0.3, 0.4) is 0 Å². The molecule has 1 aliphatic heterocycles. The number of halogens is 1. The molecule has 1 atom stereocenters. The smallest absolute Gasteiger partial charge is 0.228 e. The summed E-state index contributed by atoms with van der Waals surface area (Å²) in [6, 6.07) is 10.1. The van der Waals surface area contributed by atoms with Crippen LogP contribution < -0.4 is 0 Å². The third-order valence-electron chi connectivity index (χ3n) is 2.92. The van der Waals surface area contributed by atoms with Crippen molar-refractivity contribution in [2.24, 2.45) is 0 Å². The van der Waals surface area contributed by atoms with Crippen LogP contribution in [0.5, 0.6) is 0 Å². The van der Waals surface area contributed by atoms with Crippen LogP contribution in [0, 0.1) is 5.82 Å². The van der Waals surface area contributed by atoms with Gasteiger partial charge in [-0.3, -0.25) is 4.98 Å². The zero-order valence-corrected chi connectivity index (χ0v) is 10.3. The van der Waals surface area contributed by atoms with Crippen molar-refractivity contribution in [2.75, 3.05) is 7.11 Å². The molecule has 3 rings (SSSR count). The molecule has 4 heteroatoms. The van der Waals surface area contributed by atoms with E-state index in [0.717, 1.165) is 16.8 Å². The molecule has 3 nitrogen and oxygen atoms in total. The van der Waals surface area contributed by atoms with Crippen molar-refractivity contribution in [2.45, 2.75) is 6.29 Å². The van der Waals surface area contributed by atoms with Crippen molar-refractivity contribution >= 4 is 11.8 Å². The average Bonchev–Trinajstić information content (AvgIpc) is 2.77. The molecule has 0 fully saturated rings. The molecule has 1 aromatic carbocycles. The van der Waals surface area contributed by atoms with Gasteiger partial charge in [0.25, 0.3) is 0 Å². The summed E-state index contributed by atoms with van der Waals surface area (Å²) in [6.07, 6.45) is 3.00. The Morgan fingerprint density at radius 2 is 2.21 bits per heavy atom. The van der Waals surface area contributed by atoms with E-state index in [1.165, 1.54) is 12.1 Å². The van der Waals surface area contributed by atoms with Gasteiger partial charge in [0, 0.05) is 18.9 Å². The highest BCUT2D eigenvalue weighted by atomic mass is 19.1. The maximum Gasteiger partial charge on any atom is 0.228 e. The Kier molecular flexibility index (Phi) is 3.01. The summed E-state index contributed by atoms with van der Waals surface area (Å²) in [5.41, 5.74) is 2.34. The van der Waals surface area contributed by atoms with Gasteiger partial charge < -0.3 is 9.47 Å². The second-order valence-electron chi connectivity index (χ2n) is 4.19. The van der Waals surface area contributed by atoms with Crippen LogP contribution in [0.25, 0.3) is 11.8 Å². The summed E-state index contributed by atoms with van der Waals surface area (Å²) < 4.78 is 24.1. The Hall–Kier alpha value is -2.20. The van der Waals surface area contributed by atoms with E-state index in [4.69, 9.17) is 9.47 Å². The third-order valence-corrected chi connectivity index (χ3v) is 2.92. The maximum absolute atomic E-state index is 13.2. The predicted octanol–water partition coefficient (Wildman–Crippen LogP) is 3.39. The quantitative estimate of drug-likeness (QED) is 0.826. The zero-order chi connectivity index (χ0) is 13.2. The number of nitrogens with zero attached hydrogens (tertiary/aromatic N) is 1. The van der Waals surface area contributed by atoms with Crippen LogP contribution >= 0.6 is 0 Å². The average molecular weight is 257 g/mol. The van der Waals surface area contributed by atoms with Crippen molar-refractivity contribution in [3.63, 3.8) is 0 Å². The molecule has 0 radical (unpaired) electrons. The fourth-order valence-electron chi connectivity index (χ4n) is 2.07. The third kappa shape index (κ3) is 2.22. The van der Waals surface area contributed by atoms with Gasteiger partial charge in [0.15, 0.2) is 0 Å². The number of hydrogen-bond acceptors (Lipinski definition) is 3. The van der Waals surface area contributed by atoms with Gasteiger partial charge in [-0.2, -0.15) is 0 Å². The summed E-state index contributed by atoms with van der Waals surface area (Å²) in [4.78, 5) is 4.29. The molecule has 0 aliphatic carbocycles. The minimum atomic E-state index is -0.455. The Labute approximate surface area is 110 Å². The van der Waals surface area contributed by atoms with Gasteiger partial charge in [0.05, 0.1) is 0 Å². The number of fused-ring (bicyclic) bond motifs is 1. The van der Waals surface area contributed by atoms with Crippen LogP contribution in [-0.2, 0) is 9.47 Å². The summed E-state index contributed by atoms with van der Waals surface area (Å²) in [6.45, 7) is 0. The number of aromatic nitrogens is 1. The number of rotatable bonds is 2. The van der Waals surface area contributed by atoms with Crippen LogP contribution in [0.15, 0.2) is 42.6 Å².